The van der Waals surface area contributed by atoms with Crippen LogP contribution in [-0.2, 0) is 20.7 Å². The van der Waals surface area contributed by atoms with Crippen LogP contribution in [-0.4, -0.2) is 29.2 Å². The Balaban J connectivity index is 1.68. The summed E-state index contributed by atoms with van der Waals surface area (Å²) in [6.07, 6.45) is 1.21. The second kappa shape index (κ2) is 6.32. The van der Waals surface area contributed by atoms with Crippen molar-refractivity contribution in [3.8, 4) is 0 Å². The topological polar surface area (TPSA) is 75.6 Å². The first kappa shape index (κ1) is 16.0. The van der Waals surface area contributed by atoms with Gasteiger partial charge in [-0.3, -0.25) is 4.79 Å². The lowest BCUT2D eigenvalue weighted by molar-refractivity contribution is -0.151. The number of carboxylic acid groups (broad SMARTS) is 1. The van der Waals surface area contributed by atoms with Crippen molar-refractivity contribution in [2.75, 3.05) is 0 Å². The summed E-state index contributed by atoms with van der Waals surface area (Å²) in [6, 6.07) is 6.51. The normalized spacial score (nSPS) is 26.3. The summed E-state index contributed by atoms with van der Waals surface area (Å²) in [6.45, 7) is 4.31. The molecule has 2 aliphatic rings. The molecule has 2 N–H and O–H groups in total. The van der Waals surface area contributed by atoms with Crippen LogP contribution in [0.2, 0.25) is 0 Å². The molecule has 0 radical (unpaired) electrons. The summed E-state index contributed by atoms with van der Waals surface area (Å²) in [7, 11) is 0. The molecule has 1 aromatic carbocycles. The van der Waals surface area contributed by atoms with Gasteiger partial charge in [0.2, 0.25) is 5.91 Å². The Morgan fingerprint density at radius 1 is 1.22 bits per heavy atom. The van der Waals surface area contributed by atoms with Gasteiger partial charge < -0.3 is 15.2 Å². The molecule has 5 nitrogen and oxygen atoms in total. The molecule has 3 rings (SSSR count). The highest BCUT2D eigenvalue weighted by Crippen LogP contribution is 2.34. The van der Waals surface area contributed by atoms with Gasteiger partial charge >= 0.3 is 5.97 Å². The smallest absolute Gasteiger partial charge is 0.332 e. The van der Waals surface area contributed by atoms with Gasteiger partial charge in [-0.1, -0.05) is 32.0 Å². The average molecular weight is 317 g/mol. The number of benzene rings is 1. The highest BCUT2D eigenvalue weighted by molar-refractivity contribution is 5.83. The predicted octanol–water partition coefficient (Wildman–Crippen LogP) is 2.55. The molecule has 1 saturated heterocycles. The first-order valence-corrected chi connectivity index (χ1v) is 8.27. The SMILES string of the molecule is CC(C)c1ccc2c(c1)C(NC(=O)[C@@H]1CC[C@H](C(=O)O)O1)CC2. The molecule has 23 heavy (non-hydrogen) atoms. The lowest BCUT2D eigenvalue weighted by atomic mass is 9.97. The number of aliphatic carboxylic acids is 1. The van der Waals surface area contributed by atoms with E-state index in [9.17, 15) is 9.59 Å². The van der Waals surface area contributed by atoms with Gasteiger partial charge in [0.25, 0.3) is 0 Å². The quantitative estimate of drug-likeness (QED) is 0.895. The summed E-state index contributed by atoms with van der Waals surface area (Å²) in [5.74, 6) is -0.735. The number of carbonyl (C=O) groups excluding carboxylic acids is 1. The van der Waals surface area contributed by atoms with Crippen LogP contribution in [0.4, 0.5) is 0 Å². The largest absolute Gasteiger partial charge is 0.479 e. The lowest BCUT2D eigenvalue weighted by Crippen LogP contribution is -2.37. The Morgan fingerprint density at radius 3 is 2.61 bits per heavy atom. The number of carbonyl (C=O) groups is 2. The van der Waals surface area contributed by atoms with Crippen LogP contribution in [0.3, 0.4) is 0 Å². The van der Waals surface area contributed by atoms with Crippen molar-refractivity contribution in [3.63, 3.8) is 0 Å². The van der Waals surface area contributed by atoms with Crippen LogP contribution < -0.4 is 5.32 Å². The van der Waals surface area contributed by atoms with E-state index in [1.807, 2.05) is 0 Å². The van der Waals surface area contributed by atoms with Gasteiger partial charge in [0, 0.05) is 0 Å². The van der Waals surface area contributed by atoms with Crippen molar-refractivity contribution in [2.24, 2.45) is 0 Å². The van der Waals surface area contributed by atoms with Crippen molar-refractivity contribution >= 4 is 11.9 Å². The van der Waals surface area contributed by atoms with E-state index in [-0.39, 0.29) is 11.9 Å². The van der Waals surface area contributed by atoms with E-state index in [1.165, 1.54) is 16.7 Å². The Kier molecular flexibility index (Phi) is 4.39. The van der Waals surface area contributed by atoms with Crippen LogP contribution in [0.25, 0.3) is 0 Å². The summed E-state index contributed by atoms with van der Waals surface area (Å²) in [5, 5.41) is 12.0. The van der Waals surface area contributed by atoms with Gasteiger partial charge in [0.15, 0.2) is 6.10 Å². The third-order valence-corrected chi connectivity index (χ3v) is 4.82. The first-order valence-electron chi connectivity index (χ1n) is 8.27. The van der Waals surface area contributed by atoms with Gasteiger partial charge in [-0.15, -0.1) is 0 Å². The maximum atomic E-state index is 12.4. The molecule has 124 valence electrons. The van der Waals surface area contributed by atoms with Crippen molar-refractivity contribution in [1.82, 2.24) is 5.32 Å². The Hall–Kier alpha value is -1.88. The van der Waals surface area contributed by atoms with Gasteiger partial charge in [-0.05, 0) is 48.3 Å². The predicted molar refractivity (Wildman–Crippen MR) is 85.3 cm³/mol. The summed E-state index contributed by atoms with van der Waals surface area (Å²) >= 11 is 0. The monoisotopic (exact) mass is 317 g/mol. The fraction of sp³-hybridized carbons (Fsp3) is 0.556. The maximum absolute atomic E-state index is 12.4. The van der Waals surface area contributed by atoms with Crippen molar-refractivity contribution in [1.29, 1.82) is 0 Å². The molecule has 0 spiro atoms. The molecule has 3 atom stereocenters. The maximum Gasteiger partial charge on any atom is 0.332 e. The fourth-order valence-electron chi connectivity index (χ4n) is 3.41. The Labute approximate surface area is 136 Å². The molecule has 1 unspecified atom stereocenters. The van der Waals surface area contributed by atoms with Gasteiger partial charge in [-0.2, -0.15) is 0 Å². The number of hydrogen-bond donors (Lipinski definition) is 2. The highest BCUT2D eigenvalue weighted by atomic mass is 16.5. The van der Waals surface area contributed by atoms with E-state index in [2.05, 4.69) is 37.4 Å². The minimum absolute atomic E-state index is 0.00341. The van der Waals surface area contributed by atoms with E-state index >= 15 is 0 Å². The summed E-state index contributed by atoms with van der Waals surface area (Å²) in [4.78, 5) is 23.3. The third kappa shape index (κ3) is 3.24. The minimum Gasteiger partial charge on any atom is -0.479 e. The zero-order valence-electron chi connectivity index (χ0n) is 13.5. The number of aryl methyl sites for hydroxylation is 1. The number of ether oxygens (including phenoxy) is 1. The number of amides is 1. The number of rotatable bonds is 4. The van der Waals surface area contributed by atoms with E-state index in [0.717, 1.165) is 12.8 Å². The molecule has 1 heterocycles. The minimum atomic E-state index is -0.993. The second-order valence-electron chi connectivity index (χ2n) is 6.74. The molecule has 1 amide bonds. The first-order chi connectivity index (χ1) is 11.0. The number of fused-ring (bicyclic) bond motifs is 1. The van der Waals surface area contributed by atoms with Gasteiger partial charge in [0.05, 0.1) is 6.04 Å². The molecule has 1 aromatic rings. The highest BCUT2D eigenvalue weighted by Gasteiger charge is 2.36. The van der Waals surface area contributed by atoms with E-state index in [0.29, 0.717) is 18.8 Å². The number of carboxylic acids is 1. The lowest BCUT2D eigenvalue weighted by Gasteiger charge is -2.18. The molecular weight excluding hydrogens is 294 g/mol. The molecular formula is C18H23NO4. The van der Waals surface area contributed by atoms with Crippen molar-refractivity contribution < 1.29 is 19.4 Å². The van der Waals surface area contributed by atoms with Crippen LogP contribution in [0, 0.1) is 0 Å². The summed E-state index contributed by atoms with van der Waals surface area (Å²) in [5.41, 5.74) is 3.75. The molecule has 5 heteroatoms. The molecule has 1 fully saturated rings. The van der Waals surface area contributed by atoms with Crippen molar-refractivity contribution in [3.05, 3.63) is 34.9 Å². The zero-order chi connectivity index (χ0) is 16.6. The summed E-state index contributed by atoms with van der Waals surface area (Å²) < 4.78 is 5.33. The van der Waals surface area contributed by atoms with Crippen LogP contribution in [0.1, 0.15) is 61.8 Å². The van der Waals surface area contributed by atoms with Crippen LogP contribution in [0.5, 0.6) is 0 Å². The Bertz CT molecular complexity index is 625. The molecule has 0 bridgehead atoms. The van der Waals surface area contributed by atoms with E-state index in [1.54, 1.807) is 0 Å². The molecule has 0 aromatic heterocycles. The molecule has 1 aliphatic heterocycles. The second-order valence-corrected chi connectivity index (χ2v) is 6.74. The molecule has 0 saturated carbocycles. The average Bonchev–Trinajstić information content (AvgIpc) is 3.14. The standard InChI is InChI=1S/C18H23NO4/c1-10(2)12-4-3-11-5-6-14(13(11)9-12)19-17(20)15-7-8-16(23-15)18(21)22/h3-4,9-10,14-16H,5-8H2,1-2H3,(H,19,20)(H,21,22)/t14?,15-,16+/m0/s1. The molecule has 1 aliphatic carbocycles. The Morgan fingerprint density at radius 2 is 1.96 bits per heavy atom. The van der Waals surface area contributed by atoms with E-state index in [4.69, 9.17) is 9.84 Å². The van der Waals surface area contributed by atoms with Gasteiger partial charge in [-0.25, -0.2) is 4.79 Å². The van der Waals surface area contributed by atoms with E-state index < -0.39 is 18.2 Å². The fourth-order valence-corrected chi connectivity index (χ4v) is 3.41. The van der Waals surface area contributed by atoms with Gasteiger partial charge in [0.1, 0.15) is 6.10 Å². The zero-order valence-corrected chi connectivity index (χ0v) is 13.5. The third-order valence-electron chi connectivity index (χ3n) is 4.82. The van der Waals surface area contributed by atoms with Crippen LogP contribution >= 0.6 is 0 Å². The van der Waals surface area contributed by atoms with Crippen LogP contribution in [0.15, 0.2) is 18.2 Å². The number of hydrogen-bond acceptors (Lipinski definition) is 3. The number of nitrogens with one attached hydrogen (secondary N) is 1. The van der Waals surface area contributed by atoms with Crippen molar-refractivity contribution in [2.45, 2.75) is 63.7 Å².